The van der Waals surface area contributed by atoms with E-state index in [0.29, 0.717) is 0 Å². The van der Waals surface area contributed by atoms with Crippen LogP contribution in [0.1, 0.15) is 41.5 Å². The van der Waals surface area contributed by atoms with E-state index in [9.17, 15) is 22.8 Å². The smallest absolute Gasteiger partial charge is 0.274 e. The molecule has 0 spiro atoms. The minimum atomic E-state index is -4.95. The van der Waals surface area contributed by atoms with Gasteiger partial charge in [-0.25, -0.2) is 0 Å². The van der Waals surface area contributed by atoms with Crippen molar-refractivity contribution in [3.05, 3.63) is 0 Å². The highest BCUT2D eigenvalue weighted by Gasteiger charge is 2.62. The summed E-state index contributed by atoms with van der Waals surface area (Å²) in [6.07, 6.45) is -4.95. The van der Waals surface area contributed by atoms with E-state index in [4.69, 9.17) is 0 Å². The molecule has 1 fully saturated rings. The maximum absolute atomic E-state index is 12.9. The third-order valence-corrected chi connectivity index (χ3v) is 3.43. The third-order valence-electron chi connectivity index (χ3n) is 3.43. The maximum Gasteiger partial charge on any atom is 0.493 e. The first-order valence-electron chi connectivity index (χ1n) is 6.13. The van der Waals surface area contributed by atoms with Gasteiger partial charge in [-0.15, -0.1) is 13.2 Å². The van der Waals surface area contributed by atoms with Crippen LogP contribution >= 0.6 is 0 Å². The highest BCUT2D eigenvalue weighted by atomic mass is 19.4. The van der Waals surface area contributed by atoms with Crippen molar-refractivity contribution in [1.82, 2.24) is 4.90 Å². The molecule has 0 aliphatic carbocycles. The van der Waals surface area contributed by atoms with Gasteiger partial charge in [-0.2, -0.15) is 4.90 Å². The molecule has 0 saturated carbocycles. The lowest BCUT2D eigenvalue weighted by Gasteiger charge is -2.35. The maximum atomic E-state index is 12.9. The van der Waals surface area contributed by atoms with E-state index in [2.05, 4.69) is 0 Å². The van der Waals surface area contributed by atoms with Gasteiger partial charge in [0.05, 0.1) is 11.8 Å². The highest BCUT2D eigenvalue weighted by molar-refractivity contribution is 6.06. The Kier molecular flexibility index (Phi) is 3.55. The third kappa shape index (κ3) is 2.77. The molecule has 3 nitrogen and oxygen atoms in total. The van der Waals surface area contributed by atoms with Crippen molar-refractivity contribution < 1.29 is 22.8 Å². The summed E-state index contributed by atoms with van der Waals surface area (Å²) < 4.78 is 38.6. The Hall–Kier alpha value is -1.07. The zero-order valence-electron chi connectivity index (χ0n) is 12.1. The van der Waals surface area contributed by atoms with Crippen LogP contribution in [0.25, 0.3) is 0 Å². The molecule has 1 saturated heterocycles. The number of likely N-dealkylation sites (tertiary alicyclic amines) is 1. The Morgan fingerprint density at radius 3 is 1.21 bits per heavy atom. The SMILES string of the molecule is CC(C)(C)C1C(=O)N(C(F)(F)F)C(=O)C1C(C)(C)C. The number of halogens is 3. The predicted octanol–water partition coefficient (Wildman–Crippen LogP) is 3.20. The molecule has 1 aliphatic rings. The second kappa shape index (κ2) is 4.21. The molecule has 1 aliphatic heterocycles. The summed E-state index contributed by atoms with van der Waals surface area (Å²) in [6, 6.07) is 0. The van der Waals surface area contributed by atoms with Crippen molar-refractivity contribution in [2.24, 2.45) is 22.7 Å². The number of carbonyl (C=O) groups excluding carboxylic acids is 2. The van der Waals surface area contributed by atoms with Gasteiger partial charge in [0.1, 0.15) is 0 Å². The quantitative estimate of drug-likeness (QED) is 0.504. The molecule has 0 aromatic heterocycles. The summed E-state index contributed by atoms with van der Waals surface area (Å²) in [6.45, 7) is 10.1. The number of nitrogens with zero attached hydrogens (tertiary/aromatic N) is 1. The monoisotopic (exact) mass is 279 g/mol. The van der Waals surface area contributed by atoms with E-state index < -0.39 is 45.7 Å². The number of hydrogen-bond acceptors (Lipinski definition) is 2. The molecule has 1 heterocycles. The number of imide groups is 1. The van der Waals surface area contributed by atoms with Gasteiger partial charge in [-0.3, -0.25) is 9.59 Å². The summed E-state index contributed by atoms with van der Waals surface area (Å²) in [7, 11) is 0. The summed E-state index contributed by atoms with van der Waals surface area (Å²) in [5.74, 6) is -4.18. The fraction of sp³-hybridized carbons (Fsp3) is 0.846. The fourth-order valence-corrected chi connectivity index (χ4v) is 2.66. The fourth-order valence-electron chi connectivity index (χ4n) is 2.66. The molecule has 1 rings (SSSR count). The number of alkyl halides is 3. The van der Waals surface area contributed by atoms with Crippen LogP contribution in [-0.4, -0.2) is 23.0 Å². The lowest BCUT2D eigenvalue weighted by molar-refractivity contribution is -0.233. The van der Waals surface area contributed by atoms with Crippen molar-refractivity contribution in [2.45, 2.75) is 47.8 Å². The van der Waals surface area contributed by atoms with Crippen LogP contribution in [-0.2, 0) is 9.59 Å². The van der Waals surface area contributed by atoms with Gasteiger partial charge < -0.3 is 0 Å². The first-order chi connectivity index (χ1) is 8.19. The Bertz CT molecular complexity index is 370. The van der Waals surface area contributed by atoms with Crippen LogP contribution in [0.3, 0.4) is 0 Å². The lowest BCUT2D eigenvalue weighted by atomic mass is 9.65. The summed E-state index contributed by atoms with van der Waals surface area (Å²) >= 11 is 0. The highest BCUT2D eigenvalue weighted by Crippen LogP contribution is 2.49. The normalized spacial score (nSPS) is 26.3. The predicted molar refractivity (Wildman–Crippen MR) is 63.8 cm³/mol. The molecule has 0 aromatic rings. The summed E-state index contributed by atoms with van der Waals surface area (Å²) in [5, 5.41) is 0. The zero-order valence-corrected chi connectivity index (χ0v) is 12.1. The minimum Gasteiger partial charge on any atom is -0.274 e. The number of rotatable bonds is 0. The van der Waals surface area contributed by atoms with Gasteiger partial charge in [-0.1, -0.05) is 41.5 Å². The van der Waals surface area contributed by atoms with E-state index in [0.717, 1.165) is 0 Å². The molecule has 110 valence electrons. The van der Waals surface area contributed by atoms with Crippen LogP contribution in [0.5, 0.6) is 0 Å². The Balaban J connectivity index is 3.38. The first-order valence-corrected chi connectivity index (χ1v) is 6.13. The van der Waals surface area contributed by atoms with Crippen LogP contribution in [0.2, 0.25) is 0 Å². The van der Waals surface area contributed by atoms with Gasteiger partial charge in [0.15, 0.2) is 0 Å². The molecular weight excluding hydrogens is 259 g/mol. The zero-order chi connectivity index (χ0) is 15.4. The van der Waals surface area contributed by atoms with Gasteiger partial charge in [0.25, 0.3) is 0 Å². The molecule has 0 N–H and O–H groups in total. The van der Waals surface area contributed by atoms with Crippen molar-refractivity contribution in [3.63, 3.8) is 0 Å². The number of hydrogen-bond donors (Lipinski definition) is 0. The minimum absolute atomic E-state index is 0.515. The van der Waals surface area contributed by atoms with Gasteiger partial charge >= 0.3 is 6.30 Å². The standard InChI is InChI=1S/C13H20F3NO2/c1-11(2,3)7-8(12(4,5)6)10(19)17(9(7)18)13(14,15)16/h7-8H,1-6H3. The van der Waals surface area contributed by atoms with Gasteiger partial charge in [0.2, 0.25) is 11.8 Å². The van der Waals surface area contributed by atoms with Crippen molar-refractivity contribution in [2.75, 3.05) is 0 Å². The molecule has 0 radical (unpaired) electrons. The lowest BCUT2D eigenvalue weighted by Crippen LogP contribution is -2.44. The summed E-state index contributed by atoms with van der Waals surface area (Å²) in [4.78, 5) is 23.6. The molecule has 0 aromatic carbocycles. The van der Waals surface area contributed by atoms with E-state index in [1.807, 2.05) is 0 Å². The Labute approximate surface area is 111 Å². The van der Waals surface area contributed by atoms with E-state index in [1.54, 1.807) is 41.5 Å². The molecule has 6 heteroatoms. The summed E-state index contributed by atoms with van der Waals surface area (Å²) in [5.41, 5.74) is -1.41. The van der Waals surface area contributed by atoms with Crippen molar-refractivity contribution in [3.8, 4) is 0 Å². The second-order valence-corrected chi connectivity index (χ2v) is 7.17. The van der Waals surface area contributed by atoms with Crippen LogP contribution in [0, 0.1) is 22.7 Å². The van der Waals surface area contributed by atoms with E-state index >= 15 is 0 Å². The van der Waals surface area contributed by atoms with Crippen LogP contribution in [0.4, 0.5) is 13.2 Å². The number of carbonyl (C=O) groups is 2. The molecule has 0 bridgehead atoms. The Morgan fingerprint density at radius 1 is 0.789 bits per heavy atom. The van der Waals surface area contributed by atoms with Crippen LogP contribution in [0.15, 0.2) is 0 Å². The van der Waals surface area contributed by atoms with E-state index in [-0.39, 0.29) is 0 Å². The van der Waals surface area contributed by atoms with Gasteiger partial charge in [-0.05, 0) is 10.8 Å². The average molecular weight is 279 g/mol. The topological polar surface area (TPSA) is 37.4 Å². The van der Waals surface area contributed by atoms with Crippen molar-refractivity contribution >= 4 is 11.8 Å². The molecule has 19 heavy (non-hydrogen) atoms. The molecule has 2 unspecified atom stereocenters. The van der Waals surface area contributed by atoms with Gasteiger partial charge in [0, 0.05) is 0 Å². The first kappa shape index (κ1) is 16.0. The number of amides is 2. The molecule has 2 amide bonds. The second-order valence-electron chi connectivity index (χ2n) is 7.17. The molecular formula is C13H20F3NO2. The van der Waals surface area contributed by atoms with Crippen LogP contribution < -0.4 is 0 Å². The Morgan fingerprint density at radius 2 is 1.05 bits per heavy atom. The average Bonchev–Trinajstić information content (AvgIpc) is 2.33. The van der Waals surface area contributed by atoms with E-state index in [1.165, 1.54) is 0 Å². The molecule has 2 atom stereocenters. The van der Waals surface area contributed by atoms with Crippen molar-refractivity contribution in [1.29, 1.82) is 0 Å². The largest absolute Gasteiger partial charge is 0.493 e.